The Hall–Kier alpha value is -3.09. The predicted octanol–water partition coefficient (Wildman–Crippen LogP) is 4.08. The van der Waals surface area contributed by atoms with E-state index in [0.29, 0.717) is 17.9 Å². The van der Waals surface area contributed by atoms with Gasteiger partial charge in [-0.1, -0.05) is 44.0 Å². The van der Waals surface area contributed by atoms with E-state index in [1.54, 1.807) is 30.3 Å². The Bertz CT molecular complexity index is 897. The molecule has 1 N–H and O–H groups in total. The monoisotopic (exact) mass is 442 g/mol. The molecule has 172 valence electrons. The number of benzene rings is 2. The molecule has 2 aromatic carbocycles. The molecule has 0 heterocycles. The van der Waals surface area contributed by atoms with Crippen LogP contribution in [0.3, 0.4) is 0 Å². The second kappa shape index (κ2) is 11.5. The molecule has 0 radical (unpaired) electrons. The third-order valence-corrected chi connectivity index (χ3v) is 5.77. The van der Waals surface area contributed by atoms with E-state index in [2.05, 4.69) is 5.32 Å². The van der Waals surface area contributed by atoms with Crippen molar-refractivity contribution in [2.24, 2.45) is 0 Å². The predicted molar refractivity (Wildman–Crippen MR) is 120 cm³/mol. The molecule has 0 bridgehead atoms. The first kappa shape index (κ1) is 23.6. The van der Waals surface area contributed by atoms with Gasteiger partial charge in [0.1, 0.15) is 11.9 Å². The first-order chi connectivity index (χ1) is 15.5. The Morgan fingerprint density at radius 2 is 1.75 bits per heavy atom. The van der Waals surface area contributed by atoms with Crippen LogP contribution in [0.15, 0.2) is 48.5 Å². The van der Waals surface area contributed by atoms with Crippen LogP contribution in [0.4, 0.5) is 4.39 Å². The fraction of sp³-hybridized carbons (Fsp3) is 0.440. The van der Waals surface area contributed by atoms with Crippen LogP contribution < -0.4 is 14.8 Å². The third kappa shape index (κ3) is 6.22. The molecule has 0 saturated heterocycles. The third-order valence-electron chi connectivity index (χ3n) is 5.77. The van der Waals surface area contributed by atoms with Gasteiger partial charge in [-0.2, -0.15) is 0 Å². The lowest BCUT2D eigenvalue weighted by Gasteiger charge is -2.31. The van der Waals surface area contributed by atoms with Gasteiger partial charge in [0.2, 0.25) is 5.91 Å². The molecule has 0 unspecified atom stereocenters. The van der Waals surface area contributed by atoms with Crippen molar-refractivity contribution in [3.05, 3.63) is 59.9 Å². The van der Waals surface area contributed by atoms with E-state index in [-0.39, 0.29) is 36.8 Å². The maximum atomic E-state index is 13.4. The van der Waals surface area contributed by atoms with Crippen molar-refractivity contribution >= 4 is 11.8 Å². The topological polar surface area (TPSA) is 67.9 Å². The summed E-state index contributed by atoms with van der Waals surface area (Å²) in [5, 5.41) is 3.10. The molecular formula is C25H31FN2O4. The number of hydrogen-bond donors (Lipinski definition) is 1. The van der Waals surface area contributed by atoms with Crippen LogP contribution in [0.5, 0.6) is 11.5 Å². The maximum Gasteiger partial charge on any atom is 0.261 e. The summed E-state index contributed by atoms with van der Waals surface area (Å²) in [6, 6.07) is 12.5. The minimum Gasteiger partial charge on any atom is -0.493 e. The molecule has 1 atom stereocenters. The highest BCUT2D eigenvalue weighted by atomic mass is 19.1. The smallest absolute Gasteiger partial charge is 0.261 e. The average molecular weight is 443 g/mol. The second-order valence-electron chi connectivity index (χ2n) is 8.00. The first-order valence-electron chi connectivity index (χ1n) is 11.1. The number of halogens is 1. The Balaban J connectivity index is 1.76. The summed E-state index contributed by atoms with van der Waals surface area (Å²) >= 11 is 0. The zero-order valence-corrected chi connectivity index (χ0v) is 18.7. The molecule has 6 nitrogen and oxygen atoms in total. The SMILES string of the molecule is CC[C@@H](C(=O)NC1CCCC1)N(Cc1ccc(F)cc1)C(=O)COc1ccccc1OC. The molecule has 0 aromatic heterocycles. The van der Waals surface area contributed by atoms with E-state index in [1.807, 2.05) is 13.0 Å². The molecule has 3 rings (SSSR count). The number of para-hydroxylation sites is 2. The van der Waals surface area contributed by atoms with Crippen LogP contribution in [-0.2, 0) is 16.1 Å². The van der Waals surface area contributed by atoms with Gasteiger partial charge in [-0.15, -0.1) is 0 Å². The fourth-order valence-corrected chi connectivity index (χ4v) is 4.03. The second-order valence-corrected chi connectivity index (χ2v) is 8.00. The van der Waals surface area contributed by atoms with Crippen LogP contribution in [0.1, 0.15) is 44.6 Å². The lowest BCUT2D eigenvalue weighted by Crippen LogP contribution is -2.52. The zero-order chi connectivity index (χ0) is 22.9. The number of methoxy groups -OCH3 is 1. The Morgan fingerprint density at radius 1 is 1.09 bits per heavy atom. The van der Waals surface area contributed by atoms with Crippen molar-refractivity contribution in [2.75, 3.05) is 13.7 Å². The van der Waals surface area contributed by atoms with E-state index < -0.39 is 6.04 Å². The van der Waals surface area contributed by atoms with Gasteiger partial charge < -0.3 is 19.7 Å². The number of nitrogens with zero attached hydrogens (tertiary/aromatic N) is 1. The summed E-state index contributed by atoms with van der Waals surface area (Å²) in [7, 11) is 1.53. The van der Waals surface area contributed by atoms with E-state index in [1.165, 1.54) is 24.1 Å². The summed E-state index contributed by atoms with van der Waals surface area (Å²) in [5.74, 6) is 0.142. The minimum absolute atomic E-state index is 0.157. The summed E-state index contributed by atoms with van der Waals surface area (Å²) in [5.41, 5.74) is 0.740. The summed E-state index contributed by atoms with van der Waals surface area (Å²) in [4.78, 5) is 27.8. The van der Waals surface area contributed by atoms with Gasteiger partial charge in [0, 0.05) is 12.6 Å². The van der Waals surface area contributed by atoms with Gasteiger partial charge in [-0.25, -0.2) is 4.39 Å². The lowest BCUT2D eigenvalue weighted by molar-refractivity contribution is -0.143. The molecule has 0 spiro atoms. The van der Waals surface area contributed by atoms with Crippen LogP contribution in [-0.4, -0.2) is 42.5 Å². The molecule has 1 fully saturated rings. The highest BCUT2D eigenvalue weighted by molar-refractivity contribution is 5.88. The van der Waals surface area contributed by atoms with E-state index in [0.717, 1.165) is 31.2 Å². The molecule has 2 aromatic rings. The molecular weight excluding hydrogens is 411 g/mol. The summed E-state index contributed by atoms with van der Waals surface area (Å²) < 4.78 is 24.4. The normalized spacial score (nSPS) is 14.6. The minimum atomic E-state index is -0.644. The summed E-state index contributed by atoms with van der Waals surface area (Å²) in [6.07, 6.45) is 4.59. The Labute approximate surface area is 188 Å². The van der Waals surface area contributed by atoms with Gasteiger partial charge in [0.15, 0.2) is 18.1 Å². The number of rotatable bonds is 10. The highest BCUT2D eigenvalue weighted by Gasteiger charge is 2.31. The van der Waals surface area contributed by atoms with Crippen molar-refractivity contribution in [2.45, 2.75) is 57.7 Å². The van der Waals surface area contributed by atoms with E-state index in [9.17, 15) is 14.0 Å². The average Bonchev–Trinajstić information content (AvgIpc) is 3.31. The van der Waals surface area contributed by atoms with Crippen molar-refractivity contribution in [1.82, 2.24) is 10.2 Å². The Morgan fingerprint density at radius 3 is 2.38 bits per heavy atom. The van der Waals surface area contributed by atoms with Crippen LogP contribution in [0.25, 0.3) is 0 Å². The zero-order valence-electron chi connectivity index (χ0n) is 18.7. The van der Waals surface area contributed by atoms with Crippen molar-refractivity contribution in [3.8, 4) is 11.5 Å². The largest absolute Gasteiger partial charge is 0.493 e. The van der Waals surface area contributed by atoms with Crippen molar-refractivity contribution in [3.63, 3.8) is 0 Å². The standard InChI is InChI=1S/C25H31FN2O4/c1-3-21(25(30)27-20-8-4-5-9-20)28(16-18-12-14-19(26)15-13-18)24(29)17-32-23-11-7-6-10-22(23)31-2/h6-7,10-15,20-21H,3-5,8-9,16-17H2,1-2H3,(H,27,30)/t21-/m0/s1. The molecule has 1 aliphatic rings. The van der Waals surface area contributed by atoms with E-state index in [4.69, 9.17) is 9.47 Å². The van der Waals surface area contributed by atoms with Gasteiger partial charge in [0.05, 0.1) is 7.11 Å². The fourth-order valence-electron chi connectivity index (χ4n) is 4.03. The lowest BCUT2D eigenvalue weighted by atomic mass is 10.1. The molecule has 32 heavy (non-hydrogen) atoms. The van der Waals surface area contributed by atoms with Gasteiger partial charge in [-0.3, -0.25) is 9.59 Å². The molecule has 1 saturated carbocycles. The van der Waals surface area contributed by atoms with Crippen molar-refractivity contribution in [1.29, 1.82) is 0 Å². The number of carbonyl (C=O) groups excluding carboxylic acids is 2. The molecule has 1 aliphatic carbocycles. The van der Waals surface area contributed by atoms with Crippen LogP contribution in [0, 0.1) is 5.82 Å². The number of nitrogens with one attached hydrogen (secondary N) is 1. The number of hydrogen-bond acceptors (Lipinski definition) is 4. The molecule has 2 amide bonds. The van der Waals surface area contributed by atoms with Crippen LogP contribution in [0.2, 0.25) is 0 Å². The van der Waals surface area contributed by atoms with Gasteiger partial charge in [-0.05, 0) is 49.1 Å². The molecule has 7 heteroatoms. The quantitative estimate of drug-likeness (QED) is 0.602. The maximum absolute atomic E-state index is 13.4. The number of carbonyl (C=O) groups is 2. The summed E-state index contributed by atoms with van der Waals surface area (Å²) in [6.45, 7) is 1.82. The van der Waals surface area contributed by atoms with Gasteiger partial charge >= 0.3 is 0 Å². The van der Waals surface area contributed by atoms with E-state index >= 15 is 0 Å². The first-order valence-corrected chi connectivity index (χ1v) is 11.1. The number of ether oxygens (including phenoxy) is 2. The molecule has 0 aliphatic heterocycles. The van der Waals surface area contributed by atoms with Gasteiger partial charge in [0.25, 0.3) is 5.91 Å². The van der Waals surface area contributed by atoms with Crippen molar-refractivity contribution < 1.29 is 23.5 Å². The number of amides is 2. The van der Waals surface area contributed by atoms with Crippen LogP contribution >= 0.6 is 0 Å². The highest BCUT2D eigenvalue weighted by Crippen LogP contribution is 2.26. The Kier molecular flexibility index (Phi) is 8.48.